The van der Waals surface area contributed by atoms with E-state index < -0.39 is 12.4 Å². The Morgan fingerprint density at radius 2 is 2.20 bits per heavy atom. The van der Waals surface area contributed by atoms with Crippen LogP contribution in [0.15, 0.2) is 0 Å². The number of ether oxygens (including phenoxy) is 1. The van der Waals surface area contributed by atoms with E-state index in [2.05, 4.69) is 6.07 Å². The molecule has 0 saturated carbocycles. The van der Waals surface area contributed by atoms with Gasteiger partial charge in [0.25, 0.3) is 0 Å². The molecule has 1 aliphatic heterocycles. The summed E-state index contributed by atoms with van der Waals surface area (Å²) in [5, 5.41) is 27.6. The highest BCUT2D eigenvalue weighted by atomic mass is 16.6. The molecular formula is C10H18N2O3. The summed E-state index contributed by atoms with van der Waals surface area (Å²) in [6.07, 6.45) is -1.00. The van der Waals surface area contributed by atoms with Crippen LogP contribution in [0.25, 0.3) is 0 Å². The second kappa shape index (κ2) is 5.42. The number of hydrogen-bond acceptors (Lipinski definition) is 5. The van der Waals surface area contributed by atoms with Crippen molar-refractivity contribution in [3.05, 3.63) is 0 Å². The van der Waals surface area contributed by atoms with Gasteiger partial charge in [0.2, 0.25) is 0 Å². The number of aliphatic hydroxyl groups excluding tert-OH is 2. The van der Waals surface area contributed by atoms with Crippen molar-refractivity contribution in [3.63, 3.8) is 0 Å². The van der Waals surface area contributed by atoms with E-state index in [1.165, 1.54) is 0 Å². The lowest BCUT2D eigenvalue weighted by Crippen LogP contribution is -2.54. The van der Waals surface area contributed by atoms with Gasteiger partial charge in [-0.3, -0.25) is 4.90 Å². The summed E-state index contributed by atoms with van der Waals surface area (Å²) in [6.45, 7) is 2.46. The fourth-order valence-corrected chi connectivity index (χ4v) is 1.88. The number of aliphatic hydroxyl groups is 2. The lowest BCUT2D eigenvalue weighted by atomic mass is 9.99. The molecule has 5 heteroatoms. The predicted molar refractivity (Wildman–Crippen MR) is 53.8 cm³/mol. The van der Waals surface area contributed by atoms with Crippen LogP contribution < -0.4 is 0 Å². The van der Waals surface area contributed by atoms with E-state index in [1.807, 2.05) is 18.9 Å². The molecular weight excluding hydrogens is 196 g/mol. The third-order valence-corrected chi connectivity index (χ3v) is 2.77. The van der Waals surface area contributed by atoms with Gasteiger partial charge in [0.1, 0.15) is 6.10 Å². The summed E-state index contributed by atoms with van der Waals surface area (Å²) >= 11 is 0. The second-order valence-electron chi connectivity index (χ2n) is 4.02. The van der Waals surface area contributed by atoms with E-state index in [1.54, 1.807) is 0 Å². The largest absolute Gasteiger partial charge is 0.386 e. The Morgan fingerprint density at radius 3 is 2.80 bits per heavy atom. The van der Waals surface area contributed by atoms with Crippen LogP contribution in [0.5, 0.6) is 0 Å². The van der Waals surface area contributed by atoms with Gasteiger partial charge >= 0.3 is 0 Å². The second-order valence-corrected chi connectivity index (χ2v) is 4.02. The summed E-state index contributed by atoms with van der Waals surface area (Å²) in [5.41, 5.74) is 0. The Kier molecular flexibility index (Phi) is 4.48. The van der Waals surface area contributed by atoms with Crippen LogP contribution in [0.3, 0.4) is 0 Å². The molecule has 4 unspecified atom stereocenters. The van der Waals surface area contributed by atoms with E-state index in [9.17, 15) is 10.2 Å². The van der Waals surface area contributed by atoms with E-state index in [-0.39, 0.29) is 12.1 Å². The minimum Gasteiger partial charge on any atom is -0.386 e. The maximum Gasteiger partial charge on any atom is 0.182 e. The molecule has 86 valence electrons. The predicted octanol–water partition coefficient (Wildman–Crippen LogP) is -0.311. The molecule has 1 saturated heterocycles. The summed E-state index contributed by atoms with van der Waals surface area (Å²) in [6, 6.07) is 1.92. The van der Waals surface area contributed by atoms with Gasteiger partial charge in [0, 0.05) is 19.0 Å². The molecule has 4 atom stereocenters. The van der Waals surface area contributed by atoms with Crippen molar-refractivity contribution in [3.8, 4) is 6.07 Å². The van der Waals surface area contributed by atoms with Crippen LogP contribution in [-0.4, -0.2) is 53.2 Å². The zero-order valence-corrected chi connectivity index (χ0v) is 9.13. The third kappa shape index (κ3) is 3.14. The Balaban J connectivity index is 2.54. The van der Waals surface area contributed by atoms with Crippen molar-refractivity contribution >= 4 is 0 Å². The van der Waals surface area contributed by atoms with Crippen LogP contribution in [0, 0.1) is 11.3 Å². The number of rotatable bonds is 3. The molecule has 2 N–H and O–H groups in total. The molecule has 0 aromatic rings. The van der Waals surface area contributed by atoms with E-state index in [0.717, 1.165) is 0 Å². The van der Waals surface area contributed by atoms with Gasteiger partial charge in [0.15, 0.2) is 6.29 Å². The first-order chi connectivity index (χ1) is 7.06. The van der Waals surface area contributed by atoms with E-state index in [4.69, 9.17) is 10.00 Å². The molecule has 0 aliphatic carbocycles. The van der Waals surface area contributed by atoms with Gasteiger partial charge in [-0.2, -0.15) is 5.26 Å². The zero-order valence-electron chi connectivity index (χ0n) is 9.13. The minimum absolute atomic E-state index is 0.0714. The first kappa shape index (κ1) is 12.4. The molecule has 0 bridgehead atoms. The molecule has 0 aromatic carbocycles. The summed E-state index contributed by atoms with van der Waals surface area (Å²) < 4.78 is 5.10. The topological polar surface area (TPSA) is 76.7 Å². The monoisotopic (exact) mass is 214 g/mol. The highest BCUT2D eigenvalue weighted by molar-refractivity contribution is 4.86. The Hall–Kier alpha value is -0.670. The van der Waals surface area contributed by atoms with Gasteiger partial charge in [-0.15, -0.1) is 0 Å². The molecule has 1 rings (SSSR count). The Bertz CT molecular complexity index is 241. The van der Waals surface area contributed by atoms with Crippen LogP contribution >= 0.6 is 0 Å². The van der Waals surface area contributed by atoms with Crippen LogP contribution in [-0.2, 0) is 4.74 Å². The lowest BCUT2D eigenvalue weighted by Gasteiger charge is -2.40. The first-order valence-electron chi connectivity index (χ1n) is 5.15. The molecule has 1 heterocycles. The molecule has 1 fully saturated rings. The van der Waals surface area contributed by atoms with Crippen LogP contribution in [0.1, 0.15) is 19.8 Å². The van der Waals surface area contributed by atoms with Crippen molar-refractivity contribution in [2.45, 2.75) is 44.3 Å². The fraction of sp³-hybridized carbons (Fsp3) is 0.900. The average Bonchev–Trinajstić information content (AvgIpc) is 2.19. The van der Waals surface area contributed by atoms with Crippen molar-refractivity contribution in [2.75, 3.05) is 13.6 Å². The number of nitriles is 1. The maximum absolute atomic E-state index is 9.73. The highest BCUT2D eigenvalue weighted by Gasteiger charge is 2.36. The van der Waals surface area contributed by atoms with Crippen LogP contribution in [0.4, 0.5) is 0 Å². The van der Waals surface area contributed by atoms with Gasteiger partial charge in [0.05, 0.1) is 12.2 Å². The molecule has 5 nitrogen and oxygen atoms in total. The Labute approximate surface area is 89.9 Å². The molecule has 0 radical (unpaired) electrons. The van der Waals surface area contributed by atoms with Crippen molar-refractivity contribution in [2.24, 2.45) is 0 Å². The Morgan fingerprint density at radius 1 is 1.53 bits per heavy atom. The fourth-order valence-electron chi connectivity index (χ4n) is 1.88. The summed E-state index contributed by atoms with van der Waals surface area (Å²) in [7, 11) is 1.84. The lowest BCUT2D eigenvalue weighted by molar-refractivity contribution is -0.231. The van der Waals surface area contributed by atoms with Gasteiger partial charge in [-0.1, -0.05) is 0 Å². The smallest absolute Gasteiger partial charge is 0.182 e. The average molecular weight is 214 g/mol. The van der Waals surface area contributed by atoms with E-state index >= 15 is 0 Å². The normalized spacial score (nSPS) is 36.5. The summed E-state index contributed by atoms with van der Waals surface area (Å²) in [5.74, 6) is 0. The van der Waals surface area contributed by atoms with Gasteiger partial charge < -0.3 is 14.9 Å². The standard InChI is InChI=1S/C10H18N2O3/c1-7-6-8(9(13)10(14)15-7)12(2)5-3-4-11/h7-10,13-14H,3,5-6H2,1-2H3. The quantitative estimate of drug-likeness (QED) is 0.674. The van der Waals surface area contributed by atoms with Crippen molar-refractivity contribution in [1.29, 1.82) is 5.26 Å². The molecule has 15 heavy (non-hydrogen) atoms. The molecule has 0 spiro atoms. The SMILES string of the molecule is CC1CC(N(C)CCC#N)C(O)C(O)O1. The first-order valence-corrected chi connectivity index (χ1v) is 5.15. The maximum atomic E-state index is 9.73. The zero-order chi connectivity index (χ0) is 11.4. The van der Waals surface area contributed by atoms with Crippen LogP contribution in [0.2, 0.25) is 0 Å². The highest BCUT2D eigenvalue weighted by Crippen LogP contribution is 2.22. The number of hydrogen-bond donors (Lipinski definition) is 2. The minimum atomic E-state index is -1.12. The van der Waals surface area contributed by atoms with Gasteiger partial charge in [-0.05, 0) is 20.4 Å². The molecule has 0 aromatic heterocycles. The van der Waals surface area contributed by atoms with Crippen molar-refractivity contribution < 1.29 is 14.9 Å². The summed E-state index contributed by atoms with van der Waals surface area (Å²) in [4.78, 5) is 1.90. The van der Waals surface area contributed by atoms with E-state index in [0.29, 0.717) is 19.4 Å². The van der Waals surface area contributed by atoms with Crippen molar-refractivity contribution in [1.82, 2.24) is 4.90 Å². The number of likely N-dealkylation sites (N-methyl/N-ethyl adjacent to an activating group) is 1. The molecule has 1 aliphatic rings. The number of nitrogens with zero attached hydrogens (tertiary/aromatic N) is 2. The third-order valence-electron chi connectivity index (χ3n) is 2.77. The van der Waals surface area contributed by atoms with Gasteiger partial charge in [-0.25, -0.2) is 0 Å². The molecule has 0 amide bonds.